The van der Waals surface area contributed by atoms with Crippen molar-refractivity contribution in [1.29, 1.82) is 0 Å². The fraction of sp³-hybridized carbons (Fsp3) is 0.383. The molecule has 1 unspecified atom stereocenters. The van der Waals surface area contributed by atoms with Gasteiger partial charge >= 0.3 is 0 Å². The van der Waals surface area contributed by atoms with Crippen LogP contribution >= 0.6 is 0 Å². The highest BCUT2D eigenvalue weighted by atomic mass is 16.5. The number of rotatable bonds is 14. The summed E-state index contributed by atoms with van der Waals surface area (Å²) in [5.41, 5.74) is 8.66. The first-order valence-electron chi connectivity index (χ1n) is 21.2. The van der Waals surface area contributed by atoms with Gasteiger partial charge in [-0.15, -0.1) is 0 Å². The number of aromatic nitrogens is 5. The molecule has 2 fully saturated rings. The number of carbonyl (C=O) groups is 3. The van der Waals surface area contributed by atoms with Gasteiger partial charge < -0.3 is 24.8 Å². The average molecular weight is 824 g/mol. The minimum absolute atomic E-state index is 0.0228. The second kappa shape index (κ2) is 18.1. The van der Waals surface area contributed by atoms with E-state index >= 15 is 0 Å². The summed E-state index contributed by atoms with van der Waals surface area (Å²) in [5, 5.41) is 16.9. The predicted molar refractivity (Wildman–Crippen MR) is 232 cm³/mol. The number of amides is 3. The molecule has 0 radical (unpaired) electrons. The SMILES string of the molecule is Cc1cc(-c2ncnn3cc(-c4ccc(OCCCCN5CCC(c6ccc(NC7CCC(=O)NC7=O)cc6)CC5)cc4)cc23)ccc1CNC(=O)c1noc(C(C)(C)C)n1. The largest absolute Gasteiger partial charge is 0.494 e. The molecule has 3 amide bonds. The molecule has 0 saturated carbocycles. The first-order chi connectivity index (χ1) is 29.5. The van der Waals surface area contributed by atoms with Crippen LogP contribution in [0.3, 0.4) is 0 Å². The van der Waals surface area contributed by atoms with Crippen molar-refractivity contribution in [1.82, 2.24) is 40.3 Å². The molecule has 316 valence electrons. The lowest BCUT2D eigenvalue weighted by Gasteiger charge is -2.32. The highest BCUT2D eigenvalue weighted by molar-refractivity contribution is 6.01. The van der Waals surface area contributed by atoms with Gasteiger partial charge in [0.2, 0.25) is 17.7 Å². The molecule has 5 heterocycles. The van der Waals surface area contributed by atoms with Crippen LogP contribution in [0.4, 0.5) is 5.69 Å². The third-order valence-electron chi connectivity index (χ3n) is 11.6. The summed E-state index contributed by atoms with van der Waals surface area (Å²) in [5.74, 6) is 0.996. The van der Waals surface area contributed by atoms with Crippen LogP contribution in [0.15, 0.2) is 89.8 Å². The number of likely N-dealkylation sites (tertiary alicyclic amines) is 1. The van der Waals surface area contributed by atoms with Gasteiger partial charge in [0.15, 0.2) is 0 Å². The van der Waals surface area contributed by atoms with Crippen LogP contribution in [0.5, 0.6) is 5.75 Å². The Morgan fingerprint density at radius 2 is 1.70 bits per heavy atom. The van der Waals surface area contributed by atoms with E-state index in [1.165, 1.54) is 5.56 Å². The van der Waals surface area contributed by atoms with Crippen LogP contribution < -0.4 is 20.7 Å². The van der Waals surface area contributed by atoms with Crippen LogP contribution in [-0.2, 0) is 21.5 Å². The van der Waals surface area contributed by atoms with Crippen molar-refractivity contribution >= 4 is 28.9 Å². The van der Waals surface area contributed by atoms with Gasteiger partial charge in [0.05, 0.1) is 17.8 Å². The number of fused-ring (bicyclic) bond motifs is 1. The number of carbonyl (C=O) groups excluding carboxylic acids is 3. The zero-order valence-electron chi connectivity index (χ0n) is 35.2. The van der Waals surface area contributed by atoms with E-state index in [1.807, 2.05) is 74.8 Å². The average Bonchev–Trinajstić information content (AvgIpc) is 3.94. The third kappa shape index (κ3) is 9.97. The number of piperidine rings is 2. The highest BCUT2D eigenvalue weighted by Gasteiger charge is 2.27. The van der Waals surface area contributed by atoms with Gasteiger partial charge in [-0.1, -0.05) is 62.3 Å². The van der Waals surface area contributed by atoms with E-state index in [2.05, 4.69) is 77.5 Å². The molecular formula is C47H53N9O5. The van der Waals surface area contributed by atoms with E-state index in [0.29, 0.717) is 37.8 Å². The zero-order valence-corrected chi connectivity index (χ0v) is 35.2. The Kier molecular flexibility index (Phi) is 12.2. The standard InChI is InChI=1S/C47H53N9O5/c1-30-25-34(7-8-35(30)27-48-45(59)43-53-46(61-54-43)47(2,3)4)42-40-26-36(28-56(40)50-29-49-42)32-11-15-38(16-12-32)60-24-6-5-21-55-22-19-33(20-23-55)31-9-13-37(14-10-31)51-39-17-18-41(57)52-44(39)58/h7-16,25-26,28-29,33,39,51H,5-6,17-24,27H2,1-4H3,(H,48,59)(H,52,57,58). The summed E-state index contributed by atoms with van der Waals surface area (Å²) < 4.78 is 13.3. The molecule has 3 N–H and O–H groups in total. The van der Waals surface area contributed by atoms with Crippen molar-refractivity contribution in [3.05, 3.63) is 114 Å². The lowest BCUT2D eigenvalue weighted by Crippen LogP contribution is -2.47. The highest BCUT2D eigenvalue weighted by Crippen LogP contribution is 2.32. The van der Waals surface area contributed by atoms with Crippen molar-refractivity contribution in [3.8, 4) is 28.1 Å². The molecular weight excluding hydrogens is 771 g/mol. The van der Waals surface area contributed by atoms with E-state index in [4.69, 9.17) is 9.26 Å². The second-order valence-electron chi connectivity index (χ2n) is 17.1. The second-order valence-corrected chi connectivity index (χ2v) is 17.1. The topological polar surface area (TPSA) is 169 Å². The molecule has 2 aliphatic heterocycles. The summed E-state index contributed by atoms with van der Waals surface area (Å²) >= 11 is 0. The van der Waals surface area contributed by atoms with Gasteiger partial charge in [0.25, 0.3) is 11.7 Å². The van der Waals surface area contributed by atoms with Gasteiger partial charge in [0, 0.05) is 41.4 Å². The lowest BCUT2D eigenvalue weighted by molar-refractivity contribution is -0.133. The molecule has 3 aromatic carbocycles. The maximum absolute atomic E-state index is 12.7. The maximum Gasteiger partial charge on any atom is 0.292 e. The molecule has 14 heteroatoms. The van der Waals surface area contributed by atoms with Crippen LogP contribution in [0, 0.1) is 6.92 Å². The summed E-state index contributed by atoms with van der Waals surface area (Å²) in [4.78, 5) is 47.7. The molecule has 14 nitrogen and oxygen atoms in total. The van der Waals surface area contributed by atoms with Crippen molar-refractivity contribution in [2.24, 2.45) is 0 Å². The fourth-order valence-electron chi connectivity index (χ4n) is 7.97. The minimum atomic E-state index is -0.384. The van der Waals surface area contributed by atoms with E-state index in [9.17, 15) is 14.4 Å². The van der Waals surface area contributed by atoms with E-state index in [-0.39, 0.29) is 35.0 Å². The lowest BCUT2D eigenvalue weighted by atomic mass is 9.89. The molecule has 1 atom stereocenters. The molecule has 0 aliphatic carbocycles. The normalized spacial score (nSPS) is 16.4. The quantitative estimate of drug-likeness (QED) is 0.0748. The molecule has 3 aromatic heterocycles. The number of imide groups is 1. The smallest absolute Gasteiger partial charge is 0.292 e. The summed E-state index contributed by atoms with van der Waals surface area (Å²) in [6, 6.07) is 24.5. The van der Waals surface area contributed by atoms with Gasteiger partial charge in [-0.3, -0.25) is 19.7 Å². The number of nitrogens with one attached hydrogen (secondary N) is 3. The number of benzene rings is 3. The first kappa shape index (κ1) is 41.3. The maximum atomic E-state index is 12.7. The molecule has 8 rings (SSSR count). The van der Waals surface area contributed by atoms with Gasteiger partial charge in [0.1, 0.15) is 18.1 Å². The third-order valence-corrected chi connectivity index (χ3v) is 11.6. The Morgan fingerprint density at radius 1 is 0.934 bits per heavy atom. The number of unbranched alkanes of at least 4 members (excludes halogenated alkanes) is 1. The summed E-state index contributed by atoms with van der Waals surface area (Å²) in [6.45, 7) is 12.1. The first-order valence-corrected chi connectivity index (χ1v) is 21.2. The van der Waals surface area contributed by atoms with Crippen LogP contribution in [0.25, 0.3) is 27.9 Å². The van der Waals surface area contributed by atoms with E-state index in [0.717, 1.165) is 95.8 Å². The summed E-state index contributed by atoms with van der Waals surface area (Å²) in [7, 11) is 0. The number of aryl methyl sites for hydroxylation is 1. The Balaban J connectivity index is 0.775. The number of hydrogen-bond acceptors (Lipinski definition) is 11. The van der Waals surface area contributed by atoms with Gasteiger partial charge in [-0.05, 0) is 123 Å². The number of nitrogens with zero attached hydrogens (tertiary/aromatic N) is 6. The molecule has 61 heavy (non-hydrogen) atoms. The van der Waals surface area contributed by atoms with Crippen molar-refractivity contribution in [2.45, 2.75) is 90.1 Å². The molecule has 2 saturated heterocycles. The van der Waals surface area contributed by atoms with Crippen LogP contribution in [0.1, 0.15) is 98.4 Å². The van der Waals surface area contributed by atoms with Crippen molar-refractivity contribution < 1.29 is 23.6 Å². The van der Waals surface area contributed by atoms with Crippen LogP contribution in [0.2, 0.25) is 0 Å². The van der Waals surface area contributed by atoms with Crippen LogP contribution in [-0.4, -0.2) is 79.6 Å². The Morgan fingerprint density at radius 3 is 2.43 bits per heavy atom. The Hall–Kier alpha value is -6.41. The monoisotopic (exact) mass is 823 g/mol. The van der Waals surface area contributed by atoms with Gasteiger partial charge in [-0.25, -0.2) is 9.50 Å². The van der Waals surface area contributed by atoms with Crippen molar-refractivity contribution in [2.75, 3.05) is 31.6 Å². The molecule has 2 aliphatic rings. The molecule has 0 bridgehead atoms. The Labute approximate surface area is 355 Å². The van der Waals surface area contributed by atoms with E-state index < -0.39 is 0 Å². The fourth-order valence-corrected chi connectivity index (χ4v) is 7.97. The van der Waals surface area contributed by atoms with Crippen molar-refractivity contribution in [3.63, 3.8) is 0 Å². The van der Waals surface area contributed by atoms with E-state index in [1.54, 1.807) is 6.33 Å². The number of hydrogen-bond donors (Lipinski definition) is 3. The molecule has 6 aromatic rings. The summed E-state index contributed by atoms with van der Waals surface area (Å²) in [6.07, 6.45) is 8.81. The number of ether oxygens (including phenoxy) is 1. The predicted octanol–water partition coefficient (Wildman–Crippen LogP) is 7.24. The van der Waals surface area contributed by atoms with Gasteiger partial charge in [-0.2, -0.15) is 10.1 Å². The Bertz CT molecular complexity index is 2500. The molecule has 0 spiro atoms. The zero-order chi connectivity index (χ0) is 42.5. The number of anilines is 1. The minimum Gasteiger partial charge on any atom is -0.494 e.